The van der Waals surface area contributed by atoms with Crippen molar-refractivity contribution in [2.24, 2.45) is 4.99 Å². The summed E-state index contributed by atoms with van der Waals surface area (Å²) in [5.74, 6) is 2.70. The maximum Gasteiger partial charge on any atom is 0.226 e. The molecule has 1 aromatic heterocycles. The fourth-order valence-electron chi connectivity index (χ4n) is 2.74. The zero-order valence-corrected chi connectivity index (χ0v) is 15.0. The highest BCUT2D eigenvalue weighted by Gasteiger charge is 2.29. The van der Waals surface area contributed by atoms with Crippen molar-refractivity contribution in [1.29, 1.82) is 0 Å². The van der Waals surface area contributed by atoms with E-state index in [4.69, 9.17) is 4.42 Å². The fourth-order valence-corrected chi connectivity index (χ4v) is 3.99. The molecule has 1 aliphatic heterocycles. The van der Waals surface area contributed by atoms with Crippen molar-refractivity contribution >= 4 is 17.7 Å². The number of thioether (sulfide) groups is 1. The zero-order chi connectivity index (χ0) is 16.8. The van der Waals surface area contributed by atoms with E-state index in [0.29, 0.717) is 17.2 Å². The molecule has 2 aromatic rings. The number of aromatic nitrogens is 1. The van der Waals surface area contributed by atoms with Crippen molar-refractivity contribution < 1.29 is 4.42 Å². The molecular weight excluding hydrogens is 320 g/mol. The molecule has 1 fully saturated rings. The van der Waals surface area contributed by atoms with Gasteiger partial charge < -0.3 is 15.1 Å². The summed E-state index contributed by atoms with van der Waals surface area (Å²) >= 11 is 2.04. The molecular formula is C18H24N4OS. The van der Waals surface area contributed by atoms with Crippen LogP contribution in [0.2, 0.25) is 0 Å². The van der Waals surface area contributed by atoms with Crippen LogP contribution in [0.15, 0.2) is 46.0 Å². The Bertz CT molecular complexity index is 677. The van der Waals surface area contributed by atoms with Crippen molar-refractivity contribution in [3.05, 3.63) is 42.3 Å². The molecule has 1 atom stereocenters. The average molecular weight is 344 g/mol. The van der Waals surface area contributed by atoms with Gasteiger partial charge in [-0.25, -0.2) is 4.98 Å². The molecule has 1 saturated heterocycles. The highest BCUT2D eigenvalue weighted by molar-refractivity contribution is 8.00. The third-order valence-electron chi connectivity index (χ3n) is 4.16. The lowest BCUT2D eigenvalue weighted by molar-refractivity contribution is 0.571. The van der Waals surface area contributed by atoms with E-state index < -0.39 is 0 Å². The van der Waals surface area contributed by atoms with Crippen molar-refractivity contribution in [1.82, 2.24) is 15.6 Å². The molecule has 0 saturated carbocycles. The van der Waals surface area contributed by atoms with E-state index >= 15 is 0 Å². The van der Waals surface area contributed by atoms with Gasteiger partial charge in [-0.2, -0.15) is 11.8 Å². The van der Waals surface area contributed by atoms with Crippen molar-refractivity contribution in [3.63, 3.8) is 0 Å². The number of benzene rings is 1. The first-order valence-electron chi connectivity index (χ1n) is 8.27. The summed E-state index contributed by atoms with van der Waals surface area (Å²) in [6.45, 7) is 3.82. The molecule has 128 valence electrons. The number of guanidine groups is 1. The molecule has 2 heterocycles. The van der Waals surface area contributed by atoms with E-state index in [9.17, 15) is 0 Å². The quantitative estimate of drug-likeness (QED) is 0.644. The molecule has 1 aromatic carbocycles. The lowest BCUT2D eigenvalue weighted by atomic mass is 10.1. The summed E-state index contributed by atoms with van der Waals surface area (Å²) in [5, 5.41) is 6.72. The van der Waals surface area contributed by atoms with Crippen LogP contribution in [0.3, 0.4) is 0 Å². The molecule has 0 radical (unpaired) electrons. The summed E-state index contributed by atoms with van der Waals surface area (Å²) in [6, 6.07) is 9.91. The predicted octanol–water partition coefficient (Wildman–Crippen LogP) is 3.29. The van der Waals surface area contributed by atoms with Crippen LogP contribution < -0.4 is 10.6 Å². The molecule has 1 aliphatic rings. The molecule has 1 unspecified atom stereocenters. The Morgan fingerprint density at radius 1 is 1.33 bits per heavy atom. The van der Waals surface area contributed by atoms with E-state index in [0.717, 1.165) is 23.8 Å². The minimum atomic E-state index is 0.311. The van der Waals surface area contributed by atoms with Crippen molar-refractivity contribution in [2.75, 3.05) is 19.3 Å². The smallest absolute Gasteiger partial charge is 0.226 e. The summed E-state index contributed by atoms with van der Waals surface area (Å²) in [5.41, 5.74) is 1.84. The number of aliphatic imine (C=N–C) groups is 1. The Morgan fingerprint density at radius 2 is 2.17 bits per heavy atom. The monoisotopic (exact) mass is 344 g/mol. The molecule has 0 spiro atoms. The molecule has 5 nitrogen and oxygen atoms in total. The van der Waals surface area contributed by atoms with E-state index in [1.54, 1.807) is 13.3 Å². The van der Waals surface area contributed by atoms with Gasteiger partial charge >= 0.3 is 0 Å². The number of hydrogen-bond acceptors (Lipinski definition) is 4. The second-order valence-electron chi connectivity index (χ2n) is 6.19. The fraction of sp³-hybridized carbons (Fsp3) is 0.444. The average Bonchev–Trinajstić information content (AvgIpc) is 3.26. The van der Waals surface area contributed by atoms with Gasteiger partial charge in [-0.15, -0.1) is 0 Å². The lowest BCUT2D eigenvalue weighted by Gasteiger charge is -2.24. The molecule has 0 aliphatic carbocycles. The van der Waals surface area contributed by atoms with Crippen LogP contribution in [0, 0.1) is 0 Å². The predicted molar refractivity (Wildman–Crippen MR) is 100 cm³/mol. The van der Waals surface area contributed by atoms with Crippen molar-refractivity contribution in [3.8, 4) is 11.5 Å². The number of nitrogens with zero attached hydrogens (tertiary/aromatic N) is 2. The molecule has 6 heteroatoms. The number of rotatable bonds is 5. The minimum Gasteiger partial charge on any atom is -0.444 e. The highest BCUT2D eigenvalue weighted by atomic mass is 32.2. The van der Waals surface area contributed by atoms with Crippen LogP contribution in [-0.2, 0) is 6.54 Å². The largest absolute Gasteiger partial charge is 0.444 e. The van der Waals surface area contributed by atoms with Gasteiger partial charge in [0.15, 0.2) is 5.96 Å². The molecule has 2 N–H and O–H groups in total. The summed E-state index contributed by atoms with van der Waals surface area (Å²) in [7, 11) is 1.79. The van der Waals surface area contributed by atoms with Crippen LogP contribution in [0.4, 0.5) is 0 Å². The Balaban J connectivity index is 1.52. The Hall–Kier alpha value is -1.95. The number of nitrogens with one attached hydrogen (secondary N) is 2. The number of hydrogen-bond donors (Lipinski definition) is 2. The highest BCUT2D eigenvalue weighted by Crippen LogP contribution is 2.36. The molecule has 0 bridgehead atoms. The van der Waals surface area contributed by atoms with Crippen molar-refractivity contribution in [2.45, 2.75) is 31.1 Å². The van der Waals surface area contributed by atoms with Gasteiger partial charge in [-0.1, -0.05) is 18.2 Å². The van der Waals surface area contributed by atoms with Crippen LogP contribution in [0.25, 0.3) is 11.5 Å². The first kappa shape index (κ1) is 16.9. The van der Waals surface area contributed by atoms with Gasteiger partial charge in [0.1, 0.15) is 6.26 Å². The van der Waals surface area contributed by atoms with Crippen LogP contribution in [0.5, 0.6) is 0 Å². The van der Waals surface area contributed by atoms with Gasteiger partial charge in [0.2, 0.25) is 5.89 Å². The van der Waals surface area contributed by atoms with Crippen LogP contribution >= 0.6 is 11.8 Å². The molecule has 0 amide bonds. The second kappa shape index (κ2) is 7.75. The van der Waals surface area contributed by atoms with Crippen LogP contribution in [0.1, 0.15) is 25.5 Å². The van der Waals surface area contributed by atoms with E-state index in [1.807, 2.05) is 42.1 Å². The summed E-state index contributed by atoms with van der Waals surface area (Å²) in [6.07, 6.45) is 4.25. The Kier molecular flexibility index (Phi) is 5.45. The van der Waals surface area contributed by atoms with E-state index in [2.05, 4.69) is 27.5 Å². The van der Waals surface area contributed by atoms with E-state index in [1.165, 1.54) is 18.6 Å². The van der Waals surface area contributed by atoms with Crippen LogP contribution in [-0.4, -0.2) is 35.0 Å². The first-order chi connectivity index (χ1) is 11.7. The summed E-state index contributed by atoms with van der Waals surface area (Å²) < 4.78 is 5.87. The third-order valence-corrected chi connectivity index (χ3v) is 5.70. The second-order valence-corrected chi connectivity index (χ2v) is 7.87. The van der Waals surface area contributed by atoms with Gasteiger partial charge in [0.25, 0.3) is 0 Å². The zero-order valence-electron chi connectivity index (χ0n) is 14.2. The first-order valence-corrected chi connectivity index (χ1v) is 9.25. The topological polar surface area (TPSA) is 62.5 Å². The normalized spacial score (nSPS) is 21.0. The van der Waals surface area contributed by atoms with Gasteiger partial charge in [0, 0.05) is 23.9 Å². The Labute approximate surface area is 147 Å². The maximum absolute atomic E-state index is 5.56. The molecule has 3 rings (SSSR count). The lowest BCUT2D eigenvalue weighted by Crippen LogP contribution is -2.43. The summed E-state index contributed by atoms with van der Waals surface area (Å²) in [4.78, 5) is 8.81. The molecule has 24 heavy (non-hydrogen) atoms. The maximum atomic E-state index is 5.56. The van der Waals surface area contributed by atoms with Gasteiger partial charge in [-0.05, 0) is 37.7 Å². The van der Waals surface area contributed by atoms with Gasteiger partial charge in [0.05, 0.1) is 12.2 Å². The standard InChI is InChI=1S/C18H24N4OS/c1-18(9-6-10-24-18)13-21-17(19-2)20-11-15-12-23-16(22-15)14-7-4-3-5-8-14/h3-5,7-8,12H,6,9-11,13H2,1-2H3,(H2,19,20,21). The third kappa shape index (κ3) is 4.32. The minimum absolute atomic E-state index is 0.311. The number of oxazole rings is 1. The Morgan fingerprint density at radius 3 is 2.88 bits per heavy atom. The van der Waals surface area contributed by atoms with Gasteiger partial charge in [-0.3, -0.25) is 4.99 Å². The SMILES string of the molecule is CN=C(NCc1coc(-c2ccccc2)n1)NCC1(C)CCCS1. The van der Waals surface area contributed by atoms with E-state index in [-0.39, 0.29) is 0 Å².